The summed E-state index contributed by atoms with van der Waals surface area (Å²) in [6.45, 7) is 5.36. The molecule has 0 atom stereocenters. The van der Waals surface area contributed by atoms with Crippen molar-refractivity contribution < 1.29 is 13.2 Å². The fourth-order valence-electron chi connectivity index (χ4n) is 3.16. The van der Waals surface area contributed by atoms with E-state index < -0.39 is 10.0 Å². The van der Waals surface area contributed by atoms with Crippen molar-refractivity contribution in [1.82, 2.24) is 19.5 Å². The first kappa shape index (κ1) is 20.4. The van der Waals surface area contributed by atoms with E-state index in [0.29, 0.717) is 38.3 Å². The Hall–Kier alpha value is -2.29. The van der Waals surface area contributed by atoms with E-state index in [0.717, 1.165) is 17.7 Å². The van der Waals surface area contributed by atoms with Gasteiger partial charge in [0.05, 0.1) is 5.75 Å². The van der Waals surface area contributed by atoms with E-state index in [4.69, 9.17) is 0 Å². The Balaban J connectivity index is 1.49. The molecule has 1 aromatic carbocycles. The van der Waals surface area contributed by atoms with Gasteiger partial charge in [0.15, 0.2) is 0 Å². The summed E-state index contributed by atoms with van der Waals surface area (Å²) in [6.07, 6.45) is 3.43. The molecule has 0 radical (unpaired) electrons. The molecule has 0 spiro atoms. The highest BCUT2D eigenvalue weighted by atomic mass is 32.2. The van der Waals surface area contributed by atoms with Crippen molar-refractivity contribution in [1.29, 1.82) is 0 Å². The molecule has 7 nitrogen and oxygen atoms in total. The lowest BCUT2D eigenvalue weighted by Crippen LogP contribution is -2.48. The van der Waals surface area contributed by atoms with Crippen LogP contribution in [0.5, 0.6) is 0 Å². The first-order valence-corrected chi connectivity index (χ1v) is 11.0. The second-order valence-electron chi connectivity index (χ2n) is 6.82. The van der Waals surface area contributed by atoms with Gasteiger partial charge in [-0.1, -0.05) is 18.2 Å². The third-order valence-corrected chi connectivity index (χ3v) is 6.77. The van der Waals surface area contributed by atoms with Crippen molar-refractivity contribution in [2.45, 2.75) is 20.0 Å². The molecule has 2 aromatic rings. The van der Waals surface area contributed by atoms with E-state index in [9.17, 15) is 13.2 Å². The fraction of sp³-hybridized carbons (Fsp3) is 0.400. The average Bonchev–Trinajstić information content (AvgIpc) is 2.74. The van der Waals surface area contributed by atoms with Gasteiger partial charge in [0.2, 0.25) is 10.0 Å². The second-order valence-corrected chi connectivity index (χ2v) is 9.07. The number of nitrogens with zero attached hydrogens (tertiary/aromatic N) is 3. The van der Waals surface area contributed by atoms with Crippen LogP contribution in [-0.4, -0.2) is 60.4 Å². The van der Waals surface area contributed by atoms with Crippen LogP contribution in [0.2, 0.25) is 0 Å². The Morgan fingerprint density at radius 3 is 2.39 bits per heavy atom. The molecule has 1 N–H and O–H groups in total. The van der Waals surface area contributed by atoms with Crippen LogP contribution < -0.4 is 5.32 Å². The molecule has 28 heavy (non-hydrogen) atoms. The second kappa shape index (κ2) is 9.27. The number of hydrogen-bond acceptors (Lipinski definition) is 5. The van der Waals surface area contributed by atoms with Crippen molar-refractivity contribution in [3.05, 3.63) is 65.5 Å². The van der Waals surface area contributed by atoms with Crippen LogP contribution in [-0.2, 0) is 23.1 Å². The normalized spacial score (nSPS) is 16.0. The molecule has 3 rings (SSSR count). The summed E-state index contributed by atoms with van der Waals surface area (Å²) < 4.78 is 25.4. The van der Waals surface area contributed by atoms with Crippen LogP contribution in [0.1, 0.15) is 28.4 Å². The van der Waals surface area contributed by atoms with E-state index in [1.165, 1.54) is 0 Å². The molecule has 0 saturated carbocycles. The molecule has 0 unspecified atom stereocenters. The molecule has 1 aliphatic rings. The maximum atomic E-state index is 12.3. The van der Waals surface area contributed by atoms with Crippen molar-refractivity contribution in [3.8, 4) is 0 Å². The van der Waals surface area contributed by atoms with Gasteiger partial charge in [-0.2, -0.15) is 4.31 Å². The largest absolute Gasteiger partial charge is 0.348 e. The maximum Gasteiger partial charge on any atom is 0.251 e. The minimum absolute atomic E-state index is 0.117. The molecule has 0 bridgehead atoms. The number of benzene rings is 1. The zero-order chi connectivity index (χ0) is 20.0. The zero-order valence-corrected chi connectivity index (χ0v) is 16.9. The van der Waals surface area contributed by atoms with Crippen LogP contribution >= 0.6 is 0 Å². The highest BCUT2D eigenvalue weighted by molar-refractivity contribution is 7.89. The standard InChI is InChI=1S/C20H26N4O3S/c1-2-28(26,27)24-12-10-23(11-13-24)16-17-5-7-19(8-6-17)20(25)22-15-18-4-3-9-21-14-18/h3-9,14H,2,10-13,15-16H2,1H3,(H,22,25). The van der Waals surface area contributed by atoms with Crippen LogP contribution in [0.25, 0.3) is 0 Å². The Morgan fingerprint density at radius 1 is 1.07 bits per heavy atom. The molecule has 1 fully saturated rings. The highest BCUT2D eigenvalue weighted by Gasteiger charge is 2.25. The third-order valence-electron chi connectivity index (χ3n) is 4.89. The number of carbonyl (C=O) groups excluding carboxylic acids is 1. The molecule has 1 aromatic heterocycles. The van der Waals surface area contributed by atoms with Crippen molar-refractivity contribution in [2.24, 2.45) is 0 Å². The van der Waals surface area contributed by atoms with Gasteiger partial charge < -0.3 is 5.32 Å². The highest BCUT2D eigenvalue weighted by Crippen LogP contribution is 2.13. The quantitative estimate of drug-likeness (QED) is 0.759. The maximum absolute atomic E-state index is 12.3. The van der Waals surface area contributed by atoms with Crippen molar-refractivity contribution >= 4 is 15.9 Å². The monoisotopic (exact) mass is 402 g/mol. The van der Waals surface area contributed by atoms with Crippen molar-refractivity contribution in [2.75, 3.05) is 31.9 Å². The summed E-state index contributed by atoms with van der Waals surface area (Å²) in [6, 6.07) is 11.3. The molecule has 1 aliphatic heterocycles. The van der Waals surface area contributed by atoms with Gasteiger partial charge in [0.25, 0.3) is 5.91 Å². The number of rotatable bonds is 7. The summed E-state index contributed by atoms with van der Waals surface area (Å²) in [5.41, 5.74) is 2.68. The van der Waals surface area contributed by atoms with Gasteiger partial charge in [0, 0.05) is 57.2 Å². The van der Waals surface area contributed by atoms with E-state index in [1.54, 1.807) is 23.6 Å². The van der Waals surface area contributed by atoms with E-state index in [1.807, 2.05) is 36.4 Å². The molecule has 1 amide bonds. The van der Waals surface area contributed by atoms with Crippen molar-refractivity contribution in [3.63, 3.8) is 0 Å². The lowest BCUT2D eigenvalue weighted by atomic mass is 10.1. The predicted octanol–water partition coefficient (Wildman–Crippen LogP) is 1.48. The van der Waals surface area contributed by atoms with E-state index in [2.05, 4.69) is 15.2 Å². The minimum atomic E-state index is -3.10. The third kappa shape index (κ3) is 5.37. The van der Waals surface area contributed by atoms with Crippen LogP contribution in [0.15, 0.2) is 48.8 Å². The van der Waals surface area contributed by atoms with Gasteiger partial charge in [-0.15, -0.1) is 0 Å². The lowest BCUT2D eigenvalue weighted by Gasteiger charge is -2.33. The number of hydrogen-bond donors (Lipinski definition) is 1. The Labute approximate surface area is 166 Å². The summed E-state index contributed by atoms with van der Waals surface area (Å²) in [5.74, 6) is 0.0332. The SMILES string of the molecule is CCS(=O)(=O)N1CCN(Cc2ccc(C(=O)NCc3cccnc3)cc2)CC1. The van der Waals surface area contributed by atoms with Crippen LogP contribution in [0.4, 0.5) is 0 Å². The summed E-state index contributed by atoms with van der Waals surface area (Å²) in [7, 11) is -3.10. The van der Waals surface area contributed by atoms with Gasteiger partial charge >= 0.3 is 0 Å². The summed E-state index contributed by atoms with van der Waals surface area (Å²) in [4.78, 5) is 18.5. The number of aromatic nitrogens is 1. The minimum Gasteiger partial charge on any atom is -0.348 e. The number of piperazine rings is 1. The molecule has 150 valence electrons. The van der Waals surface area contributed by atoms with E-state index in [-0.39, 0.29) is 11.7 Å². The summed E-state index contributed by atoms with van der Waals surface area (Å²) >= 11 is 0. The predicted molar refractivity (Wildman–Crippen MR) is 108 cm³/mol. The van der Waals surface area contributed by atoms with Gasteiger partial charge in [0.1, 0.15) is 0 Å². The van der Waals surface area contributed by atoms with Gasteiger partial charge in [-0.05, 0) is 36.2 Å². The van der Waals surface area contributed by atoms with Gasteiger partial charge in [-0.25, -0.2) is 8.42 Å². The number of amides is 1. The first-order chi connectivity index (χ1) is 13.5. The Morgan fingerprint density at radius 2 is 1.79 bits per heavy atom. The molecule has 0 aliphatic carbocycles. The molecule has 1 saturated heterocycles. The molecular weight excluding hydrogens is 376 g/mol. The van der Waals surface area contributed by atoms with E-state index >= 15 is 0 Å². The smallest absolute Gasteiger partial charge is 0.251 e. The van der Waals surface area contributed by atoms with Crippen LogP contribution in [0, 0.1) is 0 Å². The van der Waals surface area contributed by atoms with Crippen LogP contribution in [0.3, 0.4) is 0 Å². The fourth-order valence-corrected chi connectivity index (χ4v) is 4.24. The zero-order valence-electron chi connectivity index (χ0n) is 16.0. The molecular formula is C20H26N4O3S. The Bertz CT molecular complexity index is 877. The molecule has 2 heterocycles. The number of carbonyl (C=O) groups is 1. The van der Waals surface area contributed by atoms with Gasteiger partial charge in [-0.3, -0.25) is 14.7 Å². The molecule has 8 heteroatoms. The number of sulfonamides is 1. The summed E-state index contributed by atoms with van der Waals surface area (Å²) in [5, 5.41) is 2.89. The number of nitrogens with one attached hydrogen (secondary N) is 1. The first-order valence-electron chi connectivity index (χ1n) is 9.44. The Kier molecular flexibility index (Phi) is 6.77. The number of pyridine rings is 1. The topological polar surface area (TPSA) is 82.6 Å². The lowest BCUT2D eigenvalue weighted by molar-refractivity contribution is 0.0951. The average molecular weight is 403 g/mol.